The zero-order chi connectivity index (χ0) is 15.3. The molecular weight excluding hydrogens is 262 g/mol. The van der Waals surface area contributed by atoms with Gasteiger partial charge in [-0.25, -0.2) is 0 Å². The molecule has 0 saturated carbocycles. The Kier molecular flexibility index (Phi) is 5.94. The van der Waals surface area contributed by atoms with Crippen LogP contribution in [0.25, 0.3) is 0 Å². The van der Waals surface area contributed by atoms with Crippen molar-refractivity contribution in [2.24, 2.45) is 11.7 Å². The molecule has 1 unspecified atom stereocenters. The van der Waals surface area contributed by atoms with Gasteiger partial charge >= 0.3 is 5.97 Å². The van der Waals surface area contributed by atoms with Crippen LogP contribution in [-0.2, 0) is 14.4 Å². The van der Waals surface area contributed by atoms with Gasteiger partial charge in [0.25, 0.3) is 0 Å². The van der Waals surface area contributed by atoms with Crippen LogP contribution in [0.2, 0.25) is 0 Å². The zero-order valence-electron chi connectivity index (χ0n) is 12.0. The quantitative estimate of drug-likeness (QED) is 0.633. The van der Waals surface area contributed by atoms with Crippen LogP contribution in [0.1, 0.15) is 33.1 Å². The van der Waals surface area contributed by atoms with Crippen molar-refractivity contribution in [2.75, 3.05) is 13.1 Å². The summed E-state index contributed by atoms with van der Waals surface area (Å²) in [6.45, 7) is 4.94. The molecule has 4 N–H and O–H groups in total. The Morgan fingerprint density at radius 1 is 1.30 bits per heavy atom. The van der Waals surface area contributed by atoms with E-state index in [-0.39, 0.29) is 24.3 Å². The number of likely N-dealkylation sites (tertiary alicyclic amines) is 1. The number of nitrogens with zero attached hydrogens (tertiary/aromatic N) is 1. The summed E-state index contributed by atoms with van der Waals surface area (Å²) < 4.78 is 0. The lowest BCUT2D eigenvalue weighted by atomic mass is 10.0. The molecule has 0 bridgehead atoms. The number of carbonyl (C=O) groups excluding carboxylic acids is 2. The molecule has 0 aliphatic carbocycles. The van der Waals surface area contributed by atoms with Crippen molar-refractivity contribution in [2.45, 2.75) is 45.2 Å². The lowest BCUT2D eigenvalue weighted by molar-refractivity contribution is -0.140. The van der Waals surface area contributed by atoms with Crippen molar-refractivity contribution in [3.8, 4) is 0 Å². The van der Waals surface area contributed by atoms with E-state index >= 15 is 0 Å². The third-order valence-electron chi connectivity index (χ3n) is 3.38. The Morgan fingerprint density at radius 3 is 2.30 bits per heavy atom. The summed E-state index contributed by atoms with van der Waals surface area (Å²) in [6, 6.07) is -1.07. The minimum absolute atomic E-state index is 0.0230. The molecule has 114 valence electrons. The van der Waals surface area contributed by atoms with Crippen LogP contribution >= 0.6 is 0 Å². The Bertz CT molecular complexity index is 376. The van der Waals surface area contributed by atoms with Crippen molar-refractivity contribution in [3.05, 3.63) is 0 Å². The van der Waals surface area contributed by atoms with Crippen molar-refractivity contribution in [3.63, 3.8) is 0 Å². The van der Waals surface area contributed by atoms with E-state index in [2.05, 4.69) is 5.32 Å². The summed E-state index contributed by atoms with van der Waals surface area (Å²) in [4.78, 5) is 35.8. The minimum atomic E-state index is -1.09. The van der Waals surface area contributed by atoms with E-state index in [0.717, 1.165) is 0 Å². The van der Waals surface area contributed by atoms with Crippen LogP contribution in [0.5, 0.6) is 0 Å². The third kappa shape index (κ3) is 4.80. The first-order valence-corrected chi connectivity index (χ1v) is 6.87. The summed E-state index contributed by atoms with van der Waals surface area (Å²) >= 11 is 0. The van der Waals surface area contributed by atoms with Crippen LogP contribution in [-0.4, -0.2) is 53.0 Å². The molecule has 0 radical (unpaired) electrons. The smallest absolute Gasteiger partial charge is 0.305 e. The molecule has 1 aliphatic heterocycles. The number of carboxylic acid groups (broad SMARTS) is 1. The first-order chi connectivity index (χ1) is 9.31. The van der Waals surface area contributed by atoms with Crippen LogP contribution in [0.15, 0.2) is 0 Å². The summed E-state index contributed by atoms with van der Waals surface area (Å²) in [5.41, 5.74) is 5.49. The monoisotopic (exact) mass is 285 g/mol. The number of hydrogen-bond donors (Lipinski definition) is 3. The average Bonchev–Trinajstić information content (AvgIpc) is 2.37. The van der Waals surface area contributed by atoms with Crippen LogP contribution in [0.3, 0.4) is 0 Å². The Balaban J connectivity index is 2.37. The third-order valence-corrected chi connectivity index (χ3v) is 3.38. The maximum absolute atomic E-state index is 11.8. The molecule has 7 nitrogen and oxygen atoms in total. The molecule has 0 aromatic rings. The number of piperidine rings is 1. The van der Waals surface area contributed by atoms with Gasteiger partial charge in [0.15, 0.2) is 0 Å². The number of carbonyl (C=O) groups is 3. The number of nitrogens with two attached hydrogens (primary N) is 1. The second-order valence-corrected chi connectivity index (χ2v) is 5.47. The molecule has 1 atom stereocenters. The lowest BCUT2D eigenvalue weighted by Crippen LogP contribution is -2.51. The fourth-order valence-corrected chi connectivity index (χ4v) is 2.20. The summed E-state index contributed by atoms with van der Waals surface area (Å²) in [5, 5.41) is 11.3. The van der Waals surface area contributed by atoms with Gasteiger partial charge in [0.2, 0.25) is 11.8 Å². The van der Waals surface area contributed by atoms with Crippen molar-refractivity contribution < 1.29 is 19.5 Å². The predicted molar refractivity (Wildman–Crippen MR) is 72.8 cm³/mol. The van der Waals surface area contributed by atoms with Crippen LogP contribution in [0.4, 0.5) is 0 Å². The second kappa shape index (κ2) is 7.23. The molecule has 1 fully saturated rings. The first kappa shape index (κ1) is 16.4. The van der Waals surface area contributed by atoms with E-state index in [1.54, 1.807) is 4.90 Å². The predicted octanol–water partition coefficient (Wildman–Crippen LogP) is -0.448. The van der Waals surface area contributed by atoms with Crippen LogP contribution < -0.4 is 11.1 Å². The van der Waals surface area contributed by atoms with Gasteiger partial charge in [0, 0.05) is 25.0 Å². The zero-order valence-corrected chi connectivity index (χ0v) is 12.0. The number of aliphatic carboxylic acids is 1. The second-order valence-electron chi connectivity index (χ2n) is 5.47. The fourth-order valence-electron chi connectivity index (χ4n) is 2.20. The minimum Gasteiger partial charge on any atom is -0.481 e. The molecule has 0 aromatic carbocycles. The van der Waals surface area contributed by atoms with Gasteiger partial charge < -0.3 is 21.1 Å². The van der Waals surface area contributed by atoms with E-state index < -0.39 is 17.9 Å². The van der Waals surface area contributed by atoms with Gasteiger partial charge in [0.05, 0.1) is 12.5 Å². The first-order valence-electron chi connectivity index (χ1n) is 6.87. The highest BCUT2D eigenvalue weighted by Gasteiger charge is 2.26. The maximum Gasteiger partial charge on any atom is 0.305 e. The topological polar surface area (TPSA) is 113 Å². The van der Waals surface area contributed by atoms with Crippen molar-refractivity contribution >= 4 is 17.8 Å². The Morgan fingerprint density at radius 2 is 1.85 bits per heavy atom. The fraction of sp³-hybridized carbons (Fsp3) is 0.769. The molecular formula is C13H23N3O4. The van der Waals surface area contributed by atoms with Gasteiger partial charge in [-0.05, 0) is 12.8 Å². The van der Waals surface area contributed by atoms with Gasteiger partial charge in [-0.3, -0.25) is 14.4 Å². The van der Waals surface area contributed by atoms with E-state index in [1.165, 1.54) is 0 Å². The summed E-state index contributed by atoms with van der Waals surface area (Å²) in [6.07, 6.45) is 0.963. The molecule has 0 aromatic heterocycles. The van der Waals surface area contributed by atoms with Gasteiger partial charge in [-0.1, -0.05) is 13.8 Å². The van der Waals surface area contributed by atoms with E-state index in [0.29, 0.717) is 25.9 Å². The van der Waals surface area contributed by atoms with E-state index in [1.807, 2.05) is 13.8 Å². The molecule has 2 amide bonds. The standard InChI is InChI=1S/C13H23N3O4/c1-8(2)13(20)16-5-3-9(4-6-16)15-12(19)10(14)7-11(17)18/h8-10H,3-7,14H2,1-2H3,(H,15,19)(H,17,18). The average molecular weight is 285 g/mol. The number of rotatable bonds is 5. The molecule has 1 heterocycles. The van der Waals surface area contributed by atoms with Gasteiger partial charge in [-0.2, -0.15) is 0 Å². The highest BCUT2D eigenvalue weighted by molar-refractivity contribution is 5.86. The van der Waals surface area contributed by atoms with Crippen LogP contribution in [0, 0.1) is 5.92 Å². The van der Waals surface area contributed by atoms with E-state index in [9.17, 15) is 14.4 Å². The highest BCUT2D eigenvalue weighted by Crippen LogP contribution is 2.13. The molecule has 20 heavy (non-hydrogen) atoms. The lowest BCUT2D eigenvalue weighted by Gasteiger charge is -2.33. The Labute approximate surface area is 118 Å². The van der Waals surface area contributed by atoms with Crippen molar-refractivity contribution in [1.29, 1.82) is 0 Å². The Hall–Kier alpha value is -1.63. The van der Waals surface area contributed by atoms with Gasteiger partial charge in [-0.15, -0.1) is 0 Å². The molecule has 7 heteroatoms. The largest absolute Gasteiger partial charge is 0.481 e. The van der Waals surface area contributed by atoms with Crippen molar-refractivity contribution in [1.82, 2.24) is 10.2 Å². The number of hydrogen-bond acceptors (Lipinski definition) is 4. The summed E-state index contributed by atoms with van der Waals surface area (Å²) in [5.74, 6) is -1.44. The SMILES string of the molecule is CC(C)C(=O)N1CCC(NC(=O)C(N)CC(=O)O)CC1. The highest BCUT2D eigenvalue weighted by atomic mass is 16.4. The molecule has 1 saturated heterocycles. The number of amides is 2. The number of nitrogens with one attached hydrogen (secondary N) is 1. The van der Waals surface area contributed by atoms with E-state index in [4.69, 9.17) is 10.8 Å². The molecule has 1 rings (SSSR count). The number of carboxylic acids is 1. The molecule has 1 aliphatic rings. The van der Waals surface area contributed by atoms with Gasteiger partial charge in [0.1, 0.15) is 0 Å². The molecule has 0 spiro atoms. The summed E-state index contributed by atoms with van der Waals surface area (Å²) in [7, 11) is 0. The maximum atomic E-state index is 11.8. The normalized spacial score (nSPS) is 17.9.